The molecule has 1 aromatic carbocycles. The maximum absolute atomic E-state index is 13.5. The van der Waals surface area contributed by atoms with Gasteiger partial charge in [-0.05, 0) is 25.5 Å². The molecule has 0 saturated heterocycles. The van der Waals surface area contributed by atoms with Crippen molar-refractivity contribution in [1.29, 1.82) is 0 Å². The van der Waals surface area contributed by atoms with Crippen molar-refractivity contribution in [3.8, 4) is 0 Å². The van der Waals surface area contributed by atoms with Crippen LogP contribution in [0, 0.1) is 5.82 Å². The average molecular weight is 352 g/mol. The molecule has 0 fully saturated rings. The highest BCUT2D eigenvalue weighted by Crippen LogP contribution is 2.19. The molecule has 1 atom stereocenters. The minimum Gasteiger partial charge on any atom is -0.459 e. The van der Waals surface area contributed by atoms with Crippen LogP contribution in [0.15, 0.2) is 18.2 Å². The van der Waals surface area contributed by atoms with E-state index in [1.54, 1.807) is 0 Å². The van der Waals surface area contributed by atoms with Gasteiger partial charge in [0.15, 0.2) is 0 Å². The molecule has 0 heterocycles. The number of hydrogen-bond donors (Lipinski definition) is 1. The predicted molar refractivity (Wildman–Crippen MR) is 82.5 cm³/mol. The van der Waals surface area contributed by atoms with Gasteiger partial charge in [-0.25, -0.2) is 17.5 Å². The Morgan fingerprint density at radius 2 is 2.14 bits per heavy atom. The van der Waals surface area contributed by atoms with Crippen LogP contribution in [0.3, 0.4) is 0 Å². The third kappa shape index (κ3) is 5.90. The van der Waals surface area contributed by atoms with Gasteiger partial charge >= 0.3 is 5.97 Å². The number of halogens is 2. The molecule has 1 N–H and O–H groups in total. The largest absolute Gasteiger partial charge is 0.459 e. The van der Waals surface area contributed by atoms with E-state index in [4.69, 9.17) is 16.3 Å². The number of unbranched alkanes of at least 4 members (excludes halogenated alkanes) is 1. The van der Waals surface area contributed by atoms with Gasteiger partial charge in [-0.2, -0.15) is 0 Å². The molecule has 0 aliphatic carbocycles. The number of sulfonamides is 1. The summed E-state index contributed by atoms with van der Waals surface area (Å²) in [5.74, 6) is -1.43. The van der Waals surface area contributed by atoms with E-state index in [1.165, 1.54) is 25.1 Å². The molecule has 0 saturated carbocycles. The van der Waals surface area contributed by atoms with Crippen LogP contribution in [-0.2, 0) is 26.2 Å². The van der Waals surface area contributed by atoms with Gasteiger partial charge in [-0.1, -0.05) is 31.0 Å². The monoisotopic (exact) mass is 351 g/mol. The minimum absolute atomic E-state index is 0.0542. The van der Waals surface area contributed by atoms with Crippen molar-refractivity contribution < 1.29 is 22.3 Å². The van der Waals surface area contributed by atoms with Crippen LogP contribution in [0.5, 0.6) is 0 Å². The van der Waals surface area contributed by atoms with Gasteiger partial charge in [-0.15, -0.1) is 0 Å². The van der Waals surface area contributed by atoms with Crippen LogP contribution < -0.4 is 4.72 Å². The second-order valence-electron chi connectivity index (χ2n) is 4.82. The molecule has 0 radical (unpaired) electrons. The standard InChI is InChI=1S/C14H19ClFNO4S/c1-3-4-8-22(19,20)17-10(2)14(18)21-9-11-12(15)6-5-7-13(11)16/h5-7,10,17H,3-4,8-9H2,1-2H3/t10-/m0/s1. The number of ether oxygens (including phenoxy) is 1. The summed E-state index contributed by atoms with van der Waals surface area (Å²) in [6.07, 6.45) is 1.23. The lowest BCUT2D eigenvalue weighted by atomic mass is 10.2. The normalized spacial score (nSPS) is 12.9. The lowest BCUT2D eigenvalue weighted by Gasteiger charge is -2.14. The van der Waals surface area contributed by atoms with E-state index < -0.39 is 27.9 Å². The molecule has 1 rings (SSSR count). The van der Waals surface area contributed by atoms with E-state index in [9.17, 15) is 17.6 Å². The van der Waals surface area contributed by atoms with Gasteiger partial charge < -0.3 is 4.74 Å². The van der Waals surface area contributed by atoms with Gasteiger partial charge in [0.05, 0.1) is 10.8 Å². The topological polar surface area (TPSA) is 72.5 Å². The fourth-order valence-corrected chi connectivity index (χ4v) is 3.29. The summed E-state index contributed by atoms with van der Waals surface area (Å²) >= 11 is 5.81. The highest BCUT2D eigenvalue weighted by molar-refractivity contribution is 7.89. The molecule has 0 spiro atoms. The van der Waals surface area contributed by atoms with Crippen molar-refractivity contribution in [2.45, 2.75) is 39.3 Å². The van der Waals surface area contributed by atoms with E-state index >= 15 is 0 Å². The van der Waals surface area contributed by atoms with Gasteiger partial charge in [0.25, 0.3) is 0 Å². The summed E-state index contributed by atoms with van der Waals surface area (Å²) in [4.78, 5) is 11.8. The molecule has 0 unspecified atom stereocenters. The van der Waals surface area contributed by atoms with Crippen LogP contribution >= 0.6 is 11.6 Å². The lowest BCUT2D eigenvalue weighted by molar-refractivity contribution is -0.146. The maximum Gasteiger partial charge on any atom is 0.324 e. The number of rotatable bonds is 8. The molecule has 0 aromatic heterocycles. The molecular weight excluding hydrogens is 333 g/mol. The highest BCUT2D eigenvalue weighted by Gasteiger charge is 2.21. The molecule has 0 bridgehead atoms. The molecule has 8 heteroatoms. The fourth-order valence-electron chi connectivity index (χ4n) is 1.65. The Balaban J connectivity index is 2.58. The SMILES string of the molecule is CCCCS(=O)(=O)N[C@@H](C)C(=O)OCc1c(F)cccc1Cl. The summed E-state index contributed by atoms with van der Waals surface area (Å²) < 4.78 is 44.0. The van der Waals surface area contributed by atoms with Crippen molar-refractivity contribution in [1.82, 2.24) is 4.72 Å². The molecule has 0 aliphatic heterocycles. The van der Waals surface area contributed by atoms with Gasteiger partial charge in [0.1, 0.15) is 18.5 Å². The molecule has 1 aromatic rings. The zero-order valence-electron chi connectivity index (χ0n) is 12.4. The van der Waals surface area contributed by atoms with E-state index in [0.717, 1.165) is 6.42 Å². The smallest absolute Gasteiger partial charge is 0.324 e. The zero-order valence-corrected chi connectivity index (χ0v) is 14.0. The quantitative estimate of drug-likeness (QED) is 0.731. The molecular formula is C14H19ClFNO4S. The van der Waals surface area contributed by atoms with Crippen LogP contribution in [-0.4, -0.2) is 26.2 Å². The van der Waals surface area contributed by atoms with Crippen LogP contribution in [0.1, 0.15) is 32.3 Å². The van der Waals surface area contributed by atoms with Crippen molar-refractivity contribution in [2.75, 3.05) is 5.75 Å². The number of benzene rings is 1. The second kappa shape index (κ2) is 8.45. The molecule has 0 aliphatic rings. The van der Waals surface area contributed by atoms with Crippen molar-refractivity contribution in [3.05, 3.63) is 34.6 Å². The summed E-state index contributed by atoms with van der Waals surface area (Å²) in [5, 5.41) is 0.143. The first-order chi connectivity index (χ1) is 10.3. The Labute approximate surface area is 134 Å². The predicted octanol–water partition coefficient (Wildman–Crippen LogP) is 2.63. The summed E-state index contributed by atoms with van der Waals surface area (Å²) in [7, 11) is -3.54. The Bertz CT molecular complexity index is 601. The first-order valence-corrected chi connectivity index (χ1v) is 8.89. The molecule has 22 heavy (non-hydrogen) atoms. The van der Waals surface area contributed by atoms with Crippen LogP contribution in [0.25, 0.3) is 0 Å². The third-order valence-corrected chi connectivity index (χ3v) is 4.79. The summed E-state index contributed by atoms with van der Waals surface area (Å²) in [6.45, 7) is 2.88. The Morgan fingerprint density at radius 1 is 1.45 bits per heavy atom. The number of esters is 1. The minimum atomic E-state index is -3.54. The van der Waals surface area contributed by atoms with Gasteiger partial charge in [0, 0.05) is 5.56 Å². The van der Waals surface area contributed by atoms with Crippen molar-refractivity contribution in [3.63, 3.8) is 0 Å². The first-order valence-electron chi connectivity index (χ1n) is 6.86. The number of nitrogens with one attached hydrogen (secondary N) is 1. The second-order valence-corrected chi connectivity index (χ2v) is 7.10. The van der Waals surface area contributed by atoms with E-state index in [0.29, 0.717) is 6.42 Å². The first kappa shape index (κ1) is 18.9. The number of carbonyl (C=O) groups is 1. The third-order valence-electron chi connectivity index (χ3n) is 2.90. The molecule has 5 nitrogen and oxygen atoms in total. The van der Waals surface area contributed by atoms with Crippen molar-refractivity contribution in [2.24, 2.45) is 0 Å². The van der Waals surface area contributed by atoms with Crippen LogP contribution in [0.4, 0.5) is 4.39 Å². The Kier molecular flexibility index (Phi) is 7.25. The lowest BCUT2D eigenvalue weighted by Crippen LogP contribution is -2.40. The zero-order chi connectivity index (χ0) is 16.8. The fraction of sp³-hybridized carbons (Fsp3) is 0.500. The van der Waals surface area contributed by atoms with Gasteiger partial charge in [0.2, 0.25) is 10.0 Å². The van der Waals surface area contributed by atoms with E-state index in [1.807, 2.05) is 6.92 Å². The van der Waals surface area contributed by atoms with Crippen LogP contribution in [0.2, 0.25) is 5.02 Å². The Hall–Kier alpha value is -1.18. The summed E-state index contributed by atoms with van der Waals surface area (Å²) in [6, 6.07) is 3.07. The number of carbonyl (C=O) groups excluding carboxylic acids is 1. The maximum atomic E-state index is 13.5. The highest BCUT2D eigenvalue weighted by atomic mass is 35.5. The Morgan fingerprint density at radius 3 is 2.73 bits per heavy atom. The van der Waals surface area contributed by atoms with Gasteiger partial charge in [-0.3, -0.25) is 4.79 Å². The average Bonchev–Trinajstić information content (AvgIpc) is 2.44. The van der Waals surface area contributed by atoms with E-state index in [-0.39, 0.29) is 22.9 Å². The van der Waals surface area contributed by atoms with E-state index in [2.05, 4.69) is 4.72 Å². The molecule has 0 amide bonds. The number of hydrogen-bond acceptors (Lipinski definition) is 4. The van der Waals surface area contributed by atoms with Crippen molar-refractivity contribution >= 4 is 27.6 Å². The molecule has 124 valence electrons. The summed E-state index contributed by atoms with van der Waals surface area (Å²) in [5.41, 5.74) is 0.0542.